The van der Waals surface area contributed by atoms with Crippen LogP contribution < -0.4 is 4.74 Å². The summed E-state index contributed by atoms with van der Waals surface area (Å²) < 4.78 is 6.41. The molecule has 0 bridgehead atoms. The summed E-state index contributed by atoms with van der Waals surface area (Å²) in [5.74, 6) is 0.978. The molecule has 0 aromatic heterocycles. The van der Waals surface area contributed by atoms with Crippen molar-refractivity contribution in [3.63, 3.8) is 0 Å². The number of benzene rings is 2. The fraction of sp³-hybridized carbons (Fsp3) is 0.478. The predicted octanol–water partition coefficient (Wildman–Crippen LogP) is 4.44. The molecule has 0 radical (unpaired) electrons. The average Bonchev–Trinajstić information content (AvgIpc) is 2.65. The van der Waals surface area contributed by atoms with Crippen LogP contribution in [0.25, 0.3) is 0 Å². The lowest BCUT2D eigenvalue weighted by atomic mass is 9.98. The molecule has 0 amide bonds. The smallest absolute Gasteiger partial charge is 0.120 e. The number of ether oxygens (including phenoxy) is 1. The lowest BCUT2D eigenvalue weighted by Gasteiger charge is -2.40. The van der Waals surface area contributed by atoms with Gasteiger partial charge in [0, 0.05) is 39.3 Å². The number of para-hydroxylation sites is 1. The summed E-state index contributed by atoms with van der Waals surface area (Å²) in [4.78, 5) is 5.13. The van der Waals surface area contributed by atoms with Gasteiger partial charge in [-0.05, 0) is 31.0 Å². The summed E-state index contributed by atoms with van der Waals surface area (Å²) in [7, 11) is 0. The summed E-state index contributed by atoms with van der Waals surface area (Å²) in [6, 6.07) is 21.0. The highest BCUT2D eigenvalue weighted by molar-refractivity contribution is 5.22. The molecule has 1 aliphatic rings. The van der Waals surface area contributed by atoms with Crippen molar-refractivity contribution in [1.82, 2.24) is 9.80 Å². The normalized spacial score (nSPS) is 18.4. The Hall–Kier alpha value is -1.84. The van der Waals surface area contributed by atoms with Gasteiger partial charge in [-0.1, -0.05) is 61.9 Å². The van der Waals surface area contributed by atoms with Gasteiger partial charge in [-0.2, -0.15) is 0 Å². The van der Waals surface area contributed by atoms with Crippen molar-refractivity contribution in [1.29, 1.82) is 0 Å². The van der Waals surface area contributed by atoms with Crippen molar-refractivity contribution in [2.24, 2.45) is 0 Å². The maximum Gasteiger partial charge on any atom is 0.120 e. The van der Waals surface area contributed by atoms with Gasteiger partial charge in [0.05, 0.1) is 0 Å². The molecule has 0 aliphatic carbocycles. The van der Waals surface area contributed by atoms with Crippen LogP contribution in [0, 0.1) is 0 Å². The van der Waals surface area contributed by atoms with Crippen molar-refractivity contribution in [3.05, 3.63) is 66.2 Å². The van der Waals surface area contributed by atoms with Crippen molar-refractivity contribution < 1.29 is 4.74 Å². The molecule has 1 atom stereocenters. The van der Waals surface area contributed by atoms with Gasteiger partial charge in [0.15, 0.2) is 0 Å². The first-order chi connectivity index (χ1) is 12.7. The van der Waals surface area contributed by atoms with Crippen LogP contribution in [0.3, 0.4) is 0 Å². The van der Waals surface area contributed by atoms with Crippen molar-refractivity contribution in [2.75, 3.05) is 32.7 Å². The van der Waals surface area contributed by atoms with Crippen molar-refractivity contribution in [2.45, 2.75) is 38.8 Å². The Morgan fingerprint density at radius 3 is 2.04 bits per heavy atom. The van der Waals surface area contributed by atoms with Crippen LogP contribution in [0.5, 0.6) is 5.75 Å². The van der Waals surface area contributed by atoms with Gasteiger partial charge < -0.3 is 4.74 Å². The van der Waals surface area contributed by atoms with E-state index in [0.29, 0.717) is 0 Å². The van der Waals surface area contributed by atoms with E-state index >= 15 is 0 Å². The van der Waals surface area contributed by atoms with E-state index in [0.717, 1.165) is 57.9 Å². The Morgan fingerprint density at radius 2 is 1.42 bits per heavy atom. The first-order valence-electron chi connectivity index (χ1n) is 9.89. The van der Waals surface area contributed by atoms with Crippen molar-refractivity contribution >= 4 is 0 Å². The van der Waals surface area contributed by atoms with E-state index in [9.17, 15) is 0 Å². The fourth-order valence-corrected chi connectivity index (χ4v) is 3.88. The van der Waals surface area contributed by atoms with E-state index in [2.05, 4.69) is 66.1 Å². The van der Waals surface area contributed by atoms with E-state index in [1.807, 2.05) is 18.2 Å². The molecule has 3 nitrogen and oxygen atoms in total. The molecular formula is C23H32N2O. The van der Waals surface area contributed by atoms with Crippen LogP contribution in [-0.2, 0) is 6.54 Å². The van der Waals surface area contributed by atoms with Crippen molar-refractivity contribution in [3.8, 4) is 5.75 Å². The standard InChI is InChI=1S/C23H32N2O/c1-3-14-23(2,26-22-12-8-5-9-13-22)20-25-17-15-24(16-18-25)19-21-10-6-4-7-11-21/h4-13H,3,14-20H2,1-2H3. The van der Waals surface area contributed by atoms with Gasteiger partial charge in [-0.3, -0.25) is 9.80 Å². The minimum absolute atomic E-state index is 0.127. The van der Waals surface area contributed by atoms with Crippen LogP contribution in [0.4, 0.5) is 0 Å². The van der Waals surface area contributed by atoms with Crippen LogP contribution in [0.2, 0.25) is 0 Å². The minimum Gasteiger partial charge on any atom is -0.486 e. The Bertz CT molecular complexity index is 638. The fourth-order valence-electron chi connectivity index (χ4n) is 3.88. The largest absolute Gasteiger partial charge is 0.486 e. The Morgan fingerprint density at radius 1 is 0.846 bits per heavy atom. The molecule has 1 fully saturated rings. The number of piperazine rings is 1. The zero-order valence-electron chi connectivity index (χ0n) is 16.2. The topological polar surface area (TPSA) is 15.7 Å². The summed E-state index contributed by atoms with van der Waals surface area (Å²) in [6.07, 6.45) is 2.21. The van der Waals surface area contributed by atoms with E-state index in [1.165, 1.54) is 5.56 Å². The van der Waals surface area contributed by atoms with E-state index in [-0.39, 0.29) is 5.60 Å². The maximum atomic E-state index is 6.41. The number of hydrogen-bond acceptors (Lipinski definition) is 3. The third kappa shape index (κ3) is 5.58. The van der Waals surface area contributed by atoms with Crippen LogP contribution in [0.1, 0.15) is 32.3 Å². The first kappa shape index (κ1) is 18.9. The molecule has 2 aromatic rings. The Balaban J connectivity index is 1.52. The van der Waals surface area contributed by atoms with Gasteiger partial charge in [-0.25, -0.2) is 0 Å². The highest BCUT2D eigenvalue weighted by Gasteiger charge is 2.30. The lowest BCUT2D eigenvalue weighted by molar-refractivity contribution is 0.0159. The molecule has 26 heavy (non-hydrogen) atoms. The van der Waals surface area contributed by atoms with Gasteiger partial charge in [0.1, 0.15) is 11.4 Å². The molecule has 3 heteroatoms. The second kappa shape index (κ2) is 9.20. The predicted molar refractivity (Wildman–Crippen MR) is 109 cm³/mol. The second-order valence-electron chi connectivity index (χ2n) is 7.65. The monoisotopic (exact) mass is 352 g/mol. The van der Waals surface area contributed by atoms with Crippen LogP contribution in [-0.4, -0.2) is 48.1 Å². The number of hydrogen-bond donors (Lipinski definition) is 0. The molecule has 1 heterocycles. The molecule has 1 unspecified atom stereocenters. The summed E-state index contributed by atoms with van der Waals surface area (Å²) in [5.41, 5.74) is 1.28. The molecular weight excluding hydrogens is 320 g/mol. The highest BCUT2D eigenvalue weighted by Crippen LogP contribution is 2.24. The number of nitrogens with zero attached hydrogens (tertiary/aromatic N) is 2. The summed E-state index contributed by atoms with van der Waals surface area (Å²) in [5, 5.41) is 0. The third-order valence-electron chi connectivity index (χ3n) is 5.16. The maximum absolute atomic E-state index is 6.41. The lowest BCUT2D eigenvalue weighted by Crippen LogP contribution is -2.52. The third-order valence-corrected chi connectivity index (χ3v) is 5.16. The van der Waals surface area contributed by atoms with Crippen LogP contribution >= 0.6 is 0 Å². The summed E-state index contributed by atoms with van der Waals surface area (Å²) >= 11 is 0. The first-order valence-corrected chi connectivity index (χ1v) is 9.89. The molecule has 0 N–H and O–H groups in total. The molecule has 3 rings (SSSR count). The SMILES string of the molecule is CCCC(C)(CN1CCN(Cc2ccccc2)CC1)Oc1ccccc1. The van der Waals surface area contributed by atoms with E-state index in [4.69, 9.17) is 4.74 Å². The molecule has 0 spiro atoms. The zero-order chi connectivity index (χ0) is 18.2. The molecule has 0 saturated carbocycles. The quantitative estimate of drug-likeness (QED) is 0.698. The van der Waals surface area contributed by atoms with Crippen LogP contribution in [0.15, 0.2) is 60.7 Å². The van der Waals surface area contributed by atoms with Gasteiger partial charge in [0.25, 0.3) is 0 Å². The van der Waals surface area contributed by atoms with Gasteiger partial charge in [0.2, 0.25) is 0 Å². The Labute approximate surface area is 158 Å². The Kier molecular flexibility index (Phi) is 6.70. The minimum atomic E-state index is -0.127. The van der Waals surface area contributed by atoms with E-state index < -0.39 is 0 Å². The van der Waals surface area contributed by atoms with Gasteiger partial charge in [-0.15, -0.1) is 0 Å². The number of rotatable bonds is 8. The van der Waals surface area contributed by atoms with Gasteiger partial charge >= 0.3 is 0 Å². The molecule has 2 aromatic carbocycles. The molecule has 1 saturated heterocycles. The van der Waals surface area contributed by atoms with E-state index in [1.54, 1.807) is 0 Å². The average molecular weight is 353 g/mol. The summed E-state index contributed by atoms with van der Waals surface area (Å²) in [6.45, 7) is 11.0. The molecule has 1 aliphatic heterocycles. The zero-order valence-corrected chi connectivity index (χ0v) is 16.2. The highest BCUT2D eigenvalue weighted by atomic mass is 16.5. The second-order valence-corrected chi connectivity index (χ2v) is 7.65. The molecule has 140 valence electrons.